The van der Waals surface area contributed by atoms with Crippen molar-refractivity contribution in [1.29, 1.82) is 0 Å². The van der Waals surface area contributed by atoms with Crippen LogP contribution in [0.5, 0.6) is 0 Å². The standard InChI is InChI=1S/C15H23N3O3/c1-12-4-2-3-5-18(12)15(19)14-10-13(21-16-14)11-17-6-8-20-9-7-17/h10,12H,2-9,11H2,1H3/t12-/m0/s1. The van der Waals surface area contributed by atoms with Crippen LogP contribution in [0, 0.1) is 0 Å². The zero-order valence-corrected chi connectivity index (χ0v) is 12.6. The lowest BCUT2D eigenvalue weighted by Crippen LogP contribution is -2.42. The highest BCUT2D eigenvalue weighted by Crippen LogP contribution is 2.19. The molecule has 2 saturated heterocycles. The van der Waals surface area contributed by atoms with Crippen LogP contribution in [0.3, 0.4) is 0 Å². The molecule has 0 bridgehead atoms. The molecule has 6 heteroatoms. The molecule has 1 amide bonds. The second kappa shape index (κ2) is 6.58. The first-order valence-electron chi connectivity index (χ1n) is 7.80. The minimum absolute atomic E-state index is 0.000762. The van der Waals surface area contributed by atoms with Gasteiger partial charge in [-0.15, -0.1) is 0 Å². The Labute approximate surface area is 125 Å². The maximum atomic E-state index is 12.5. The number of hydrogen-bond acceptors (Lipinski definition) is 5. The van der Waals surface area contributed by atoms with Gasteiger partial charge in [0.1, 0.15) is 0 Å². The molecule has 6 nitrogen and oxygen atoms in total. The van der Waals surface area contributed by atoms with E-state index in [9.17, 15) is 4.79 Å². The number of likely N-dealkylation sites (tertiary alicyclic amines) is 1. The molecule has 0 aromatic carbocycles. The summed E-state index contributed by atoms with van der Waals surface area (Å²) in [7, 11) is 0. The minimum atomic E-state index is -0.000762. The number of nitrogens with zero attached hydrogens (tertiary/aromatic N) is 3. The van der Waals surface area contributed by atoms with Gasteiger partial charge in [-0.1, -0.05) is 5.16 Å². The number of morpholine rings is 1. The molecule has 1 aromatic heterocycles. The second-order valence-corrected chi connectivity index (χ2v) is 5.91. The fourth-order valence-electron chi connectivity index (χ4n) is 3.01. The molecule has 3 heterocycles. The van der Waals surface area contributed by atoms with Crippen LogP contribution < -0.4 is 0 Å². The number of carbonyl (C=O) groups excluding carboxylic acids is 1. The van der Waals surface area contributed by atoms with Gasteiger partial charge in [0.2, 0.25) is 0 Å². The van der Waals surface area contributed by atoms with E-state index >= 15 is 0 Å². The van der Waals surface area contributed by atoms with E-state index in [1.807, 2.05) is 4.90 Å². The van der Waals surface area contributed by atoms with Crippen molar-refractivity contribution in [3.8, 4) is 0 Å². The third-order valence-corrected chi connectivity index (χ3v) is 4.33. The van der Waals surface area contributed by atoms with Crippen molar-refractivity contribution in [1.82, 2.24) is 15.0 Å². The molecule has 21 heavy (non-hydrogen) atoms. The zero-order chi connectivity index (χ0) is 14.7. The first-order chi connectivity index (χ1) is 10.2. The van der Waals surface area contributed by atoms with Gasteiger partial charge >= 0.3 is 0 Å². The van der Waals surface area contributed by atoms with Gasteiger partial charge < -0.3 is 14.2 Å². The fraction of sp³-hybridized carbons (Fsp3) is 0.733. The van der Waals surface area contributed by atoms with Crippen molar-refractivity contribution in [3.63, 3.8) is 0 Å². The number of hydrogen-bond donors (Lipinski definition) is 0. The quantitative estimate of drug-likeness (QED) is 0.845. The van der Waals surface area contributed by atoms with Gasteiger partial charge in [-0.3, -0.25) is 9.69 Å². The van der Waals surface area contributed by atoms with E-state index in [1.54, 1.807) is 6.07 Å². The van der Waals surface area contributed by atoms with Crippen molar-refractivity contribution in [2.45, 2.75) is 38.8 Å². The Kier molecular flexibility index (Phi) is 4.55. The number of piperidine rings is 1. The number of rotatable bonds is 3. The van der Waals surface area contributed by atoms with Gasteiger partial charge in [-0.2, -0.15) is 0 Å². The van der Waals surface area contributed by atoms with Crippen molar-refractivity contribution < 1.29 is 14.1 Å². The van der Waals surface area contributed by atoms with Crippen molar-refractivity contribution >= 4 is 5.91 Å². The van der Waals surface area contributed by atoms with Gasteiger partial charge in [0.15, 0.2) is 11.5 Å². The summed E-state index contributed by atoms with van der Waals surface area (Å²) >= 11 is 0. The average molecular weight is 293 g/mol. The topological polar surface area (TPSA) is 58.8 Å². The van der Waals surface area contributed by atoms with Gasteiger partial charge in [0.05, 0.1) is 19.8 Å². The minimum Gasteiger partial charge on any atom is -0.379 e. The first kappa shape index (κ1) is 14.5. The predicted molar refractivity (Wildman–Crippen MR) is 76.9 cm³/mol. The molecule has 0 spiro atoms. The second-order valence-electron chi connectivity index (χ2n) is 5.91. The maximum absolute atomic E-state index is 12.5. The molecular formula is C15H23N3O3. The Morgan fingerprint density at radius 3 is 2.90 bits per heavy atom. The molecule has 0 unspecified atom stereocenters. The van der Waals surface area contributed by atoms with Gasteiger partial charge in [0.25, 0.3) is 5.91 Å². The molecule has 3 rings (SSSR count). The van der Waals surface area contributed by atoms with Crippen LogP contribution in [-0.4, -0.2) is 59.8 Å². The predicted octanol–water partition coefficient (Wildman–Crippen LogP) is 1.52. The van der Waals surface area contributed by atoms with E-state index in [0.29, 0.717) is 18.3 Å². The Morgan fingerprint density at radius 2 is 2.14 bits per heavy atom. The summed E-state index contributed by atoms with van der Waals surface area (Å²) in [6.07, 6.45) is 3.35. The lowest BCUT2D eigenvalue weighted by Gasteiger charge is -2.32. The number of carbonyl (C=O) groups is 1. The summed E-state index contributed by atoms with van der Waals surface area (Å²) in [6, 6.07) is 2.09. The molecule has 2 aliphatic rings. The summed E-state index contributed by atoms with van der Waals surface area (Å²) in [5.41, 5.74) is 0.437. The largest absolute Gasteiger partial charge is 0.379 e. The summed E-state index contributed by atoms with van der Waals surface area (Å²) < 4.78 is 10.7. The van der Waals surface area contributed by atoms with E-state index in [4.69, 9.17) is 9.26 Å². The molecule has 0 saturated carbocycles. The lowest BCUT2D eigenvalue weighted by atomic mass is 10.0. The van der Waals surface area contributed by atoms with Crippen LogP contribution in [0.25, 0.3) is 0 Å². The summed E-state index contributed by atoms with van der Waals surface area (Å²) in [5.74, 6) is 0.754. The van der Waals surface area contributed by atoms with Gasteiger partial charge in [-0.25, -0.2) is 0 Å². The first-order valence-corrected chi connectivity index (χ1v) is 7.80. The number of ether oxygens (including phenoxy) is 1. The van der Waals surface area contributed by atoms with Crippen LogP contribution in [0.2, 0.25) is 0 Å². The SMILES string of the molecule is C[C@H]1CCCCN1C(=O)c1cc(CN2CCOCC2)on1. The van der Waals surface area contributed by atoms with E-state index in [2.05, 4.69) is 17.0 Å². The number of amides is 1. The lowest BCUT2D eigenvalue weighted by molar-refractivity contribution is 0.0305. The highest BCUT2D eigenvalue weighted by Gasteiger charge is 2.26. The molecule has 2 aliphatic heterocycles. The molecule has 2 fully saturated rings. The highest BCUT2D eigenvalue weighted by atomic mass is 16.5. The van der Waals surface area contributed by atoms with Crippen LogP contribution >= 0.6 is 0 Å². The van der Waals surface area contributed by atoms with Crippen molar-refractivity contribution in [2.24, 2.45) is 0 Å². The molecule has 0 radical (unpaired) electrons. The van der Waals surface area contributed by atoms with E-state index in [-0.39, 0.29) is 5.91 Å². The molecule has 1 aromatic rings. The van der Waals surface area contributed by atoms with Gasteiger partial charge in [0, 0.05) is 31.7 Å². The summed E-state index contributed by atoms with van der Waals surface area (Å²) in [6.45, 7) is 6.92. The summed E-state index contributed by atoms with van der Waals surface area (Å²) in [4.78, 5) is 16.7. The maximum Gasteiger partial charge on any atom is 0.276 e. The Hall–Kier alpha value is -1.40. The molecular weight excluding hydrogens is 270 g/mol. The van der Waals surface area contributed by atoms with E-state index < -0.39 is 0 Å². The highest BCUT2D eigenvalue weighted by molar-refractivity contribution is 5.92. The third kappa shape index (κ3) is 3.44. The molecule has 0 N–H and O–H groups in total. The Morgan fingerprint density at radius 1 is 1.33 bits per heavy atom. The van der Waals surface area contributed by atoms with Crippen LogP contribution in [0.15, 0.2) is 10.6 Å². The monoisotopic (exact) mass is 293 g/mol. The fourth-order valence-corrected chi connectivity index (χ4v) is 3.01. The molecule has 116 valence electrons. The van der Waals surface area contributed by atoms with Crippen molar-refractivity contribution in [3.05, 3.63) is 17.5 Å². The van der Waals surface area contributed by atoms with E-state index in [1.165, 1.54) is 6.42 Å². The summed E-state index contributed by atoms with van der Waals surface area (Å²) in [5, 5.41) is 3.97. The van der Waals surface area contributed by atoms with E-state index in [0.717, 1.165) is 51.4 Å². The average Bonchev–Trinajstić information content (AvgIpc) is 2.97. The third-order valence-electron chi connectivity index (χ3n) is 4.33. The normalized spacial score (nSPS) is 24.2. The number of aromatic nitrogens is 1. The van der Waals surface area contributed by atoms with Crippen LogP contribution in [0.4, 0.5) is 0 Å². The van der Waals surface area contributed by atoms with Crippen LogP contribution in [-0.2, 0) is 11.3 Å². The van der Waals surface area contributed by atoms with Crippen LogP contribution in [0.1, 0.15) is 42.4 Å². The molecule has 0 aliphatic carbocycles. The smallest absolute Gasteiger partial charge is 0.276 e. The Balaban J connectivity index is 1.62. The molecule has 1 atom stereocenters. The van der Waals surface area contributed by atoms with Crippen molar-refractivity contribution in [2.75, 3.05) is 32.8 Å². The van der Waals surface area contributed by atoms with Gasteiger partial charge in [-0.05, 0) is 26.2 Å². The zero-order valence-electron chi connectivity index (χ0n) is 12.6. The Bertz CT molecular complexity index is 482.